The summed E-state index contributed by atoms with van der Waals surface area (Å²) in [7, 11) is 4.73. The van der Waals surface area contributed by atoms with Gasteiger partial charge < -0.3 is 35.2 Å². The minimum atomic E-state index is -1.02. The Labute approximate surface area is 293 Å². The summed E-state index contributed by atoms with van der Waals surface area (Å²) < 4.78 is 11.3. The van der Waals surface area contributed by atoms with Crippen molar-refractivity contribution in [1.82, 2.24) is 25.8 Å². The number of carbonyl (C=O) groups excluding carboxylic acids is 5. The van der Waals surface area contributed by atoms with Crippen molar-refractivity contribution in [2.24, 2.45) is 0 Å². The van der Waals surface area contributed by atoms with Crippen LogP contribution in [0.3, 0.4) is 0 Å². The Morgan fingerprint density at radius 3 is 2.04 bits per heavy atom. The van der Waals surface area contributed by atoms with Crippen LogP contribution in [0.1, 0.15) is 43.9 Å². The molecule has 3 aromatic rings. The van der Waals surface area contributed by atoms with Gasteiger partial charge in [-0.3, -0.25) is 24.0 Å². The predicted octanol–water partition coefficient (Wildman–Crippen LogP) is 3.02. The quantitative estimate of drug-likeness (QED) is 0.360. The number of amides is 5. The Bertz CT molecular complexity index is 1660. The minimum Gasteiger partial charge on any atom is -0.497 e. The molecule has 0 aliphatic carbocycles. The molecule has 5 amide bonds. The number of benzene rings is 3. The van der Waals surface area contributed by atoms with Gasteiger partial charge >= 0.3 is 0 Å². The topological polar surface area (TPSA) is 146 Å². The molecule has 2 aliphatic rings. The number of carbonyl (C=O) groups is 5. The molecule has 2 heterocycles. The van der Waals surface area contributed by atoms with Gasteiger partial charge in [0.05, 0.1) is 7.11 Å². The maximum Gasteiger partial charge on any atom is 0.245 e. The molecule has 5 rings (SSSR count). The molecule has 1 unspecified atom stereocenters. The van der Waals surface area contributed by atoms with E-state index in [1.807, 2.05) is 48.5 Å². The number of likely N-dealkylation sites (N-methyl/N-ethyl adjacent to an activating group) is 2. The molecular weight excluding hydrogens is 638 g/mol. The largest absolute Gasteiger partial charge is 0.497 e. The molecule has 12 nitrogen and oxygen atoms in total. The second-order valence-corrected chi connectivity index (χ2v) is 12.7. The monoisotopic (exact) mass is 685 g/mol. The van der Waals surface area contributed by atoms with Gasteiger partial charge in [0.1, 0.15) is 41.4 Å². The molecule has 0 saturated heterocycles. The van der Waals surface area contributed by atoms with Crippen LogP contribution in [0.25, 0.3) is 0 Å². The van der Waals surface area contributed by atoms with Crippen molar-refractivity contribution in [1.29, 1.82) is 0 Å². The normalized spacial score (nSPS) is 21.9. The van der Waals surface area contributed by atoms with Crippen LogP contribution in [0.5, 0.6) is 17.2 Å². The smallest absolute Gasteiger partial charge is 0.245 e. The van der Waals surface area contributed by atoms with E-state index in [2.05, 4.69) is 16.0 Å². The zero-order valence-electron chi connectivity index (χ0n) is 29.5. The molecule has 3 N–H and O–H groups in total. The van der Waals surface area contributed by atoms with Gasteiger partial charge in [0, 0.05) is 33.5 Å². The van der Waals surface area contributed by atoms with E-state index in [0.717, 1.165) is 16.7 Å². The highest BCUT2D eigenvalue weighted by Crippen LogP contribution is 2.24. The predicted molar refractivity (Wildman–Crippen MR) is 189 cm³/mol. The zero-order chi connectivity index (χ0) is 36.4. The highest BCUT2D eigenvalue weighted by Gasteiger charge is 2.33. The minimum absolute atomic E-state index is 0.143. The summed E-state index contributed by atoms with van der Waals surface area (Å²) >= 11 is 0. The van der Waals surface area contributed by atoms with Gasteiger partial charge in [0.15, 0.2) is 0 Å². The number of nitrogens with one attached hydrogen (secondary N) is 3. The third kappa shape index (κ3) is 10.3. The lowest BCUT2D eigenvalue weighted by atomic mass is 10.0. The molecule has 2 aliphatic heterocycles. The third-order valence-corrected chi connectivity index (χ3v) is 8.75. The summed E-state index contributed by atoms with van der Waals surface area (Å²) in [4.78, 5) is 69.4. The highest BCUT2D eigenvalue weighted by molar-refractivity contribution is 5.95. The molecule has 0 spiro atoms. The van der Waals surface area contributed by atoms with E-state index < -0.39 is 41.9 Å². The number of hydrogen-bond acceptors (Lipinski definition) is 7. The van der Waals surface area contributed by atoms with Crippen LogP contribution >= 0.6 is 0 Å². The van der Waals surface area contributed by atoms with E-state index in [0.29, 0.717) is 36.6 Å². The first-order chi connectivity index (χ1) is 23.8. The summed E-state index contributed by atoms with van der Waals surface area (Å²) in [6.07, 6.45) is 1.30. The molecular formula is C38H47N5O7. The Kier molecular flexibility index (Phi) is 13.0. The summed E-state index contributed by atoms with van der Waals surface area (Å²) in [6.45, 7) is 5.08. The fourth-order valence-corrected chi connectivity index (χ4v) is 5.62. The molecule has 0 saturated carbocycles. The van der Waals surface area contributed by atoms with E-state index in [4.69, 9.17) is 9.47 Å². The highest BCUT2D eigenvalue weighted by atomic mass is 16.5. The van der Waals surface area contributed by atoms with E-state index in [-0.39, 0.29) is 24.7 Å². The number of methoxy groups -OCH3 is 1. The molecule has 12 heteroatoms. The summed E-state index contributed by atoms with van der Waals surface area (Å²) in [5.74, 6) is -0.280. The van der Waals surface area contributed by atoms with Gasteiger partial charge in [-0.2, -0.15) is 0 Å². The van der Waals surface area contributed by atoms with Gasteiger partial charge in [-0.1, -0.05) is 36.4 Å². The lowest BCUT2D eigenvalue weighted by Gasteiger charge is -2.31. The van der Waals surface area contributed by atoms with Gasteiger partial charge in [0.2, 0.25) is 29.5 Å². The lowest BCUT2D eigenvalue weighted by Crippen LogP contribution is -2.58. The fraction of sp³-hybridized carbons (Fsp3) is 0.395. The van der Waals surface area contributed by atoms with Crippen LogP contribution in [0, 0.1) is 0 Å². The Hall–Kier alpha value is -5.39. The Morgan fingerprint density at radius 2 is 1.36 bits per heavy atom. The Morgan fingerprint density at radius 1 is 0.700 bits per heavy atom. The van der Waals surface area contributed by atoms with Crippen molar-refractivity contribution >= 4 is 29.5 Å². The van der Waals surface area contributed by atoms with Crippen LogP contribution in [0.15, 0.2) is 72.8 Å². The van der Waals surface area contributed by atoms with Crippen molar-refractivity contribution in [3.8, 4) is 17.2 Å². The SMILES string of the molecule is COc1ccc(C[C@H]2C(=O)N[C@@H](C)C(=O)N(C)CCc3ccc(cc3)Oc3cccc(c3)CCC(=O)NC(C)C(=O)N[C@@H](C)C(=O)N2C)cc1. The first kappa shape index (κ1) is 37.4. The van der Waals surface area contributed by atoms with Crippen LogP contribution in [-0.4, -0.2) is 91.3 Å². The van der Waals surface area contributed by atoms with Crippen LogP contribution in [0.4, 0.5) is 0 Å². The average Bonchev–Trinajstić information content (AvgIpc) is 3.11. The van der Waals surface area contributed by atoms with Gasteiger partial charge in [-0.05, 0) is 86.7 Å². The molecule has 0 radical (unpaired) electrons. The van der Waals surface area contributed by atoms with Crippen molar-refractivity contribution < 1.29 is 33.4 Å². The molecule has 50 heavy (non-hydrogen) atoms. The van der Waals surface area contributed by atoms with E-state index >= 15 is 0 Å². The number of rotatable bonds is 3. The molecule has 4 atom stereocenters. The summed E-state index contributed by atoms with van der Waals surface area (Å²) in [5.41, 5.74) is 2.66. The van der Waals surface area contributed by atoms with Crippen molar-refractivity contribution in [2.75, 3.05) is 27.7 Å². The number of fused-ring (bicyclic) bond motifs is 19. The molecule has 0 aromatic heterocycles. The fourth-order valence-electron chi connectivity index (χ4n) is 5.62. The second-order valence-electron chi connectivity index (χ2n) is 12.7. The first-order valence-electron chi connectivity index (χ1n) is 16.7. The van der Waals surface area contributed by atoms with Gasteiger partial charge in [-0.25, -0.2) is 0 Å². The average molecular weight is 686 g/mol. The van der Waals surface area contributed by atoms with Crippen LogP contribution < -0.4 is 25.4 Å². The standard InChI is InChI=1S/C38H47N5O7/c1-24-35(45)40-26(3)38(48)43(5)33(23-29-12-15-30(49-6)16-13-29)36(46)41-25(2)37(47)42(4)21-20-27-10-17-31(18-11-27)50-32-9-7-8-28(22-32)14-19-34(44)39-24/h7-13,15-18,22,24-26,33H,14,19-21,23H2,1-6H3,(H,39,44)(H,40,45)(H,41,46)/t24?,25-,26-,33-/m0/s1. The maximum absolute atomic E-state index is 13.8. The lowest BCUT2D eigenvalue weighted by molar-refractivity contribution is -0.143. The van der Waals surface area contributed by atoms with E-state index in [1.165, 1.54) is 25.8 Å². The number of nitrogens with zero attached hydrogens (tertiary/aromatic N) is 2. The van der Waals surface area contributed by atoms with Crippen molar-refractivity contribution in [2.45, 2.75) is 70.6 Å². The molecule has 3 aromatic carbocycles. The Balaban J connectivity index is 1.57. The van der Waals surface area contributed by atoms with Gasteiger partial charge in [0.25, 0.3) is 0 Å². The molecule has 266 valence electrons. The first-order valence-corrected chi connectivity index (χ1v) is 16.7. The second kappa shape index (κ2) is 17.3. The number of ether oxygens (including phenoxy) is 2. The third-order valence-electron chi connectivity index (χ3n) is 8.75. The summed E-state index contributed by atoms with van der Waals surface area (Å²) in [5, 5.41) is 8.15. The molecule has 0 fully saturated rings. The van der Waals surface area contributed by atoms with Crippen LogP contribution in [0.2, 0.25) is 0 Å². The summed E-state index contributed by atoms with van der Waals surface area (Å²) in [6, 6.07) is 18.4. The molecule has 4 bridgehead atoms. The van der Waals surface area contributed by atoms with Gasteiger partial charge in [-0.15, -0.1) is 0 Å². The van der Waals surface area contributed by atoms with Crippen molar-refractivity contribution in [3.63, 3.8) is 0 Å². The van der Waals surface area contributed by atoms with E-state index in [9.17, 15) is 24.0 Å². The van der Waals surface area contributed by atoms with Crippen LogP contribution in [-0.2, 0) is 43.2 Å². The van der Waals surface area contributed by atoms with E-state index in [1.54, 1.807) is 50.2 Å². The number of hydrogen-bond donors (Lipinski definition) is 3. The maximum atomic E-state index is 13.8. The number of aryl methyl sites for hydroxylation is 1. The van der Waals surface area contributed by atoms with Crippen molar-refractivity contribution in [3.05, 3.63) is 89.5 Å². The zero-order valence-corrected chi connectivity index (χ0v) is 29.5.